The van der Waals surface area contributed by atoms with Crippen LogP contribution < -0.4 is 10.0 Å². The number of rotatable bonds is 6. The van der Waals surface area contributed by atoms with E-state index >= 15 is 0 Å². The fourth-order valence-corrected chi connectivity index (χ4v) is 3.28. The summed E-state index contributed by atoms with van der Waals surface area (Å²) in [5.41, 5.74) is -1.37. The molecule has 30 heavy (non-hydrogen) atoms. The maximum atomic E-state index is 13.5. The van der Waals surface area contributed by atoms with E-state index in [1.807, 2.05) is 0 Å². The van der Waals surface area contributed by atoms with Gasteiger partial charge in [-0.25, -0.2) is 21.9 Å². The lowest BCUT2D eigenvalue weighted by Gasteiger charge is -2.23. The van der Waals surface area contributed by atoms with E-state index in [2.05, 4.69) is 17.1 Å². The van der Waals surface area contributed by atoms with Crippen molar-refractivity contribution in [3.8, 4) is 0 Å². The minimum atomic E-state index is -3.78. The van der Waals surface area contributed by atoms with Crippen LogP contribution in [0.1, 0.15) is 12.0 Å². The van der Waals surface area contributed by atoms with Gasteiger partial charge in [-0.05, 0) is 24.3 Å². The molecule has 1 aromatic rings. The first-order valence-electron chi connectivity index (χ1n) is 8.54. The largest absolute Gasteiger partial charge is 0.486 e. The summed E-state index contributed by atoms with van der Waals surface area (Å²) in [6.45, 7) is 3.46. The first kappa shape index (κ1) is 21.4. The molecule has 2 aliphatic rings. The molecule has 9 nitrogen and oxygen atoms in total. The highest BCUT2D eigenvalue weighted by atomic mass is 32.2. The number of carbonyl (C=O) groups is 2. The van der Waals surface area contributed by atoms with E-state index in [-0.39, 0.29) is 30.1 Å². The number of hydrogen-bond donors (Lipinski definition) is 2. The summed E-state index contributed by atoms with van der Waals surface area (Å²) >= 11 is 0. The molecule has 0 spiro atoms. The summed E-state index contributed by atoms with van der Waals surface area (Å²) in [5, 5.41) is 6.33. The average molecular weight is 441 g/mol. The van der Waals surface area contributed by atoms with Gasteiger partial charge in [-0.2, -0.15) is 0 Å². The van der Waals surface area contributed by atoms with E-state index in [9.17, 15) is 26.8 Å². The van der Waals surface area contributed by atoms with E-state index in [1.54, 1.807) is 4.72 Å². The number of sulfonamides is 1. The van der Waals surface area contributed by atoms with Crippen LogP contribution >= 0.6 is 0 Å². The number of benzene rings is 1. The van der Waals surface area contributed by atoms with Gasteiger partial charge < -0.3 is 14.9 Å². The standard InChI is InChI=1S/C18H17F2N3O6S/c1-3-18(8-14(22-29-18)10-4-11(19)6-12(20)5-10)17(25)21-13-7-15(28-9-13)16(24)23-30(2,26)27/h3-7,13H,1,8-9H2,2H3,(H,21,25)(H,23,24)/t13-,18-/m1/s1. The van der Waals surface area contributed by atoms with Crippen LogP contribution in [0.3, 0.4) is 0 Å². The molecule has 0 bridgehead atoms. The second kappa shape index (κ2) is 7.86. The number of amides is 2. The molecule has 1 aromatic carbocycles. The zero-order valence-electron chi connectivity index (χ0n) is 15.6. The molecule has 12 heteroatoms. The first-order valence-corrected chi connectivity index (χ1v) is 10.4. The summed E-state index contributed by atoms with van der Waals surface area (Å²) in [5.74, 6) is -3.52. The van der Waals surface area contributed by atoms with Gasteiger partial charge in [0.05, 0.1) is 18.0 Å². The molecule has 2 amide bonds. The third-order valence-electron chi connectivity index (χ3n) is 4.25. The average Bonchev–Trinajstić information content (AvgIpc) is 3.27. The van der Waals surface area contributed by atoms with Crippen molar-refractivity contribution in [2.24, 2.45) is 5.16 Å². The lowest BCUT2D eigenvalue weighted by Crippen LogP contribution is -2.49. The second-order valence-corrected chi connectivity index (χ2v) is 8.43. The predicted molar refractivity (Wildman–Crippen MR) is 100 cm³/mol. The minimum absolute atomic E-state index is 0.117. The van der Waals surface area contributed by atoms with E-state index in [0.29, 0.717) is 6.07 Å². The molecular formula is C18H17F2N3O6S. The van der Waals surface area contributed by atoms with Gasteiger partial charge in [0.1, 0.15) is 18.2 Å². The van der Waals surface area contributed by atoms with E-state index in [4.69, 9.17) is 9.57 Å². The number of halogens is 2. The first-order chi connectivity index (χ1) is 14.0. The van der Waals surface area contributed by atoms with Crippen LogP contribution in [0, 0.1) is 11.6 Å². The molecule has 0 aliphatic carbocycles. The van der Waals surface area contributed by atoms with Crippen LogP contribution in [0.5, 0.6) is 0 Å². The van der Waals surface area contributed by atoms with Crippen molar-refractivity contribution in [1.82, 2.24) is 10.0 Å². The molecule has 2 atom stereocenters. The van der Waals surface area contributed by atoms with Gasteiger partial charge in [-0.3, -0.25) is 9.59 Å². The highest BCUT2D eigenvalue weighted by Gasteiger charge is 2.45. The Labute approximate surface area is 170 Å². The van der Waals surface area contributed by atoms with Crippen molar-refractivity contribution in [3.05, 3.63) is 59.9 Å². The van der Waals surface area contributed by atoms with E-state index < -0.39 is 45.1 Å². The van der Waals surface area contributed by atoms with Crippen LogP contribution in [-0.4, -0.2) is 50.4 Å². The Bertz CT molecular complexity index is 1070. The Morgan fingerprint density at radius 2 is 1.97 bits per heavy atom. The van der Waals surface area contributed by atoms with Crippen LogP contribution in [0.4, 0.5) is 8.78 Å². The summed E-state index contributed by atoms with van der Waals surface area (Å²) < 4.78 is 56.0. The van der Waals surface area contributed by atoms with E-state index in [0.717, 1.165) is 18.4 Å². The Kier molecular flexibility index (Phi) is 5.61. The molecule has 0 saturated heterocycles. The SMILES string of the molecule is C=C[C@]1(C(=O)N[C@@H]2C=C(C(=O)NS(C)(=O)=O)OC2)CC(c2cc(F)cc(F)c2)=NO1. The predicted octanol–water partition coefficient (Wildman–Crippen LogP) is 0.489. The Balaban J connectivity index is 1.69. The zero-order chi connectivity index (χ0) is 22.1. The quantitative estimate of drug-likeness (QED) is 0.620. The summed E-state index contributed by atoms with van der Waals surface area (Å²) in [6.07, 6.45) is 3.12. The third kappa shape index (κ3) is 4.64. The fourth-order valence-electron chi connectivity index (χ4n) is 2.84. The smallest absolute Gasteiger partial charge is 0.299 e. The lowest BCUT2D eigenvalue weighted by atomic mass is 9.93. The topological polar surface area (TPSA) is 123 Å². The van der Waals surface area contributed by atoms with Crippen molar-refractivity contribution in [2.45, 2.75) is 18.1 Å². The summed E-state index contributed by atoms with van der Waals surface area (Å²) in [6, 6.07) is 2.07. The lowest BCUT2D eigenvalue weighted by molar-refractivity contribution is -0.138. The van der Waals surface area contributed by atoms with Crippen LogP contribution in [0.25, 0.3) is 0 Å². The zero-order valence-corrected chi connectivity index (χ0v) is 16.5. The molecule has 0 fully saturated rings. The highest BCUT2D eigenvalue weighted by molar-refractivity contribution is 7.89. The van der Waals surface area contributed by atoms with E-state index in [1.165, 1.54) is 12.2 Å². The Hall–Kier alpha value is -3.28. The van der Waals surface area contributed by atoms with Crippen molar-refractivity contribution in [2.75, 3.05) is 12.9 Å². The number of nitrogens with zero attached hydrogens (tertiary/aromatic N) is 1. The summed E-state index contributed by atoms with van der Waals surface area (Å²) in [4.78, 5) is 29.8. The van der Waals surface area contributed by atoms with Gasteiger partial charge in [0.25, 0.3) is 11.8 Å². The molecule has 2 N–H and O–H groups in total. The third-order valence-corrected chi connectivity index (χ3v) is 4.80. The molecule has 0 saturated carbocycles. The van der Waals surface area contributed by atoms with Crippen molar-refractivity contribution < 1.29 is 36.4 Å². The minimum Gasteiger partial charge on any atom is -0.486 e. The molecule has 0 aromatic heterocycles. The number of oxime groups is 1. The fraction of sp³-hybridized carbons (Fsp3) is 0.278. The molecule has 2 aliphatic heterocycles. The molecule has 0 unspecified atom stereocenters. The number of nitrogens with one attached hydrogen (secondary N) is 2. The van der Waals surface area contributed by atoms with Crippen LogP contribution in [0.2, 0.25) is 0 Å². The monoisotopic (exact) mass is 441 g/mol. The van der Waals surface area contributed by atoms with Gasteiger partial charge in [0.15, 0.2) is 5.76 Å². The van der Waals surface area contributed by atoms with Crippen molar-refractivity contribution in [1.29, 1.82) is 0 Å². The maximum absolute atomic E-state index is 13.5. The van der Waals surface area contributed by atoms with Gasteiger partial charge in [-0.1, -0.05) is 11.7 Å². The van der Waals surface area contributed by atoms with Gasteiger partial charge in [0.2, 0.25) is 15.6 Å². The summed E-state index contributed by atoms with van der Waals surface area (Å²) in [7, 11) is -3.78. The Morgan fingerprint density at radius 3 is 2.57 bits per heavy atom. The normalized spacial score (nSPS) is 23.0. The van der Waals surface area contributed by atoms with Crippen molar-refractivity contribution >= 4 is 27.5 Å². The van der Waals surface area contributed by atoms with Gasteiger partial charge in [-0.15, -0.1) is 0 Å². The van der Waals surface area contributed by atoms with Gasteiger partial charge in [0, 0.05) is 18.1 Å². The molecule has 0 radical (unpaired) electrons. The number of ether oxygens (including phenoxy) is 1. The van der Waals surface area contributed by atoms with Crippen LogP contribution in [0.15, 0.2) is 47.8 Å². The molecule has 2 heterocycles. The van der Waals surface area contributed by atoms with Gasteiger partial charge >= 0.3 is 0 Å². The number of hydrogen-bond acceptors (Lipinski definition) is 7. The second-order valence-electron chi connectivity index (χ2n) is 6.68. The number of carbonyl (C=O) groups excluding carboxylic acids is 2. The Morgan fingerprint density at radius 1 is 1.30 bits per heavy atom. The highest BCUT2D eigenvalue weighted by Crippen LogP contribution is 2.29. The molecule has 3 rings (SSSR count). The van der Waals surface area contributed by atoms with Crippen molar-refractivity contribution in [3.63, 3.8) is 0 Å². The maximum Gasteiger partial charge on any atom is 0.299 e. The van der Waals surface area contributed by atoms with Crippen LogP contribution in [-0.2, 0) is 29.2 Å². The molecular weight excluding hydrogens is 424 g/mol. The molecule has 160 valence electrons.